The number of allylic oxidation sites excluding steroid dienone is 1. The number of nitrogens with one attached hydrogen (secondary N) is 1. The van der Waals surface area contributed by atoms with Gasteiger partial charge in [-0.1, -0.05) is 50.1 Å². The molecule has 0 heterocycles. The third kappa shape index (κ3) is 4.94. The summed E-state index contributed by atoms with van der Waals surface area (Å²) in [6.45, 7) is 8.58. The topological polar surface area (TPSA) is 63.2 Å². The van der Waals surface area contributed by atoms with Crippen LogP contribution < -0.4 is 4.72 Å². The minimum absolute atomic E-state index is 0.117. The molecule has 132 valence electrons. The smallest absolute Gasteiger partial charge is 0.264 e. The molecule has 1 aromatic carbocycles. The third-order valence-electron chi connectivity index (χ3n) is 4.70. The Morgan fingerprint density at radius 2 is 1.83 bits per heavy atom. The van der Waals surface area contributed by atoms with Crippen LogP contribution >= 0.6 is 0 Å². The molecule has 0 bridgehead atoms. The predicted octanol–water partition coefficient (Wildman–Crippen LogP) is 3.96. The Kier molecular flexibility index (Phi) is 5.53. The van der Waals surface area contributed by atoms with Gasteiger partial charge in [-0.15, -0.1) is 0 Å². The van der Waals surface area contributed by atoms with E-state index in [1.165, 1.54) is 12.1 Å². The zero-order valence-corrected chi connectivity index (χ0v) is 15.7. The Balaban J connectivity index is 1.96. The van der Waals surface area contributed by atoms with Crippen molar-refractivity contribution in [3.63, 3.8) is 0 Å². The summed E-state index contributed by atoms with van der Waals surface area (Å²) in [5.74, 6) is 0.150. The highest BCUT2D eigenvalue weighted by molar-refractivity contribution is 7.90. The highest BCUT2D eigenvalue weighted by atomic mass is 32.2. The van der Waals surface area contributed by atoms with E-state index in [9.17, 15) is 13.2 Å². The van der Waals surface area contributed by atoms with Crippen LogP contribution in [0.2, 0.25) is 0 Å². The van der Waals surface area contributed by atoms with Gasteiger partial charge in [-0.3, -0.25) is 4.79 Å². The molecule has 0 aromatic heterocycles. The summed E-state index contributed by atoms with van der Waals surface area (Å²) in [5, 5.41) is 0. The number of benzene rings is 1. The number of sulfonamides is 1. The molecule has 4 nitrogen and oxygen atoms in total. The second-order valence-electron chi connectivity index (χ2n) is 7.72. The zero-order chi connectivity index (χ0) is 18.0. The molecule has 1 atom stereocenters. The van der Waals surface area contributed by atoms with Gasteiger partial charge in [0.25, 0.3) is 10.0 Å². The van der Waals surface area contributed by atoms with Crippen LogP contribution in [0.4, 0.5) is 0 Å². The lowest BCUT2D eigenvalue weighted by atomic mass is 9.73. The van der Waals surface area contributed by atoms with Crippen LogP contribution in [0.15, 0.2) is 40.8 Å². The Hall–Kier alpha value is -1.62. The SMILES string of the molecule is Cc1ccc(S(=O)(=O)NC(=O)CC2=CCC(C(C)(C)C)CC2)cc1. The van der Waals surface area contributed by atoms with Gasteiger partial charge in [-0.05, 0) is 49.7 Å². The van der Waals surface area contributed by atoms with Gasteiger partial charge in [0.05, 0.1) is 4.90 Å². The normalized spacial score (nSPS) is 18.8. The summed E-state index contributed by atoms with van der Waals surface area (Å²) in [6, 6.07) is 6.46. The van der Waals surface area contributed by atoms with Gasteiger partial charge in [-0.2, -0.15) is 0 Å². The van der Waals surface area contributed by atoms with E-state index in [0.29, 0.717) is 5.92 Å². The molecule has 1 N–H and O–H groups in total. The van der Waals surface area contributed by atoms with Gasteiger partial charge < -0.3 is 0 Å². The van der Waals surface area contributed by atoms with E-state index in [-0.39, 0.29) is 16.7 Å². The first-order valence-electron chi connectivity index (χ1n) is 8.38. The zero-order valence-electron chi connectivity index (χ0n) is 14.9. The van der Waals surface area contributed by atoms with E-state index in [4.69, 9.17) is 0 Å². The van der Waals surface area contributed by atoms with Crippen molar-refractivity contribution in [2.45, 2.75) is 58.3 Å². The number of aryl methyl sites for hydroxylation is 1. The van der Waals surface area contributed by atoms with Crippen molar-refractivity contribution < 1.29 is 13.2 Å². The van der Waals surface area contributed by atoms with E-state index in [1.54, 1.807) is 12.1 Å². The van der Waals surface area contributed by atoms with Crippen LogP contribution in [0.5, 0.6) is 0 Å². The highest BCUT2D eigenvalue weighted by Gasteiger charge is 2.27. The standard InChI is InChI=1S/C19H27NO3S/c1-14-5-11-17(12-6-14)24(22,23)20-18(21)13-15-7-9-16(10-8-15)19(2,3)4/h5-7,11-12,16H,8-10,13H2,1-4H3,(H,20,21). The van der Waals surface area contributed by atoms with Crippen molar-refractivity contribution in [2.75, 3.05) is 0 Å². The molecule has 0 aliphatic heterocycles. The van der Waals surface area contributed by atoms with Gasteiger partial charge in [0, 0.05) is 6.42 Å². The van der Waals surface area contributed by atoms with Crippen LogP contribution in [-0.4, -0.2) is 14.3 Å². The summed E-state index contributed by atoms with van der Waals surface area (Å²) < 4.78 is 26.6. The Bertz CT molecular complexity index is 725. The first-order valence-corrected chi connectivity index (χ1v) is 9.86. The first-order chi connectivity index (χ1) is 11.1. The number of hydrogen-bond donors (Lipinski definition) is 1. The summed E-state index contributed by atoms with van der Waals surface area (Å²) in [5.41, 5.74) is 2.27. The molecule has 1 aliphatic rings. The quantitative estimate of drug-likeness (QED) is 0.837. The van der Waals surface area contributed by atoms with Crippen molar-refractivity contribution in [3.05, 3.63) is 41.5 Å². The van der Waals surface area contributed by atoms with E-state index in [2.05, 4.69) is 31.6 Å². The van der Waals surface area contributed by atoms with Crippen LogP contribution in [-0.2, 0) is 14.8 Å². The summed E-state index contributed by atoms with van der Waals surface area (Å²) in [6.07, 6.45) is 5.13. The van der Waals surface area contributed by atoms with Crippen LogP contribution in [0.3, 0.4) is 0 Å². The van der Waals surface area contributed by atoms with Gasteiger partial charge >= 0.3 is 0 Å². The molecule has 1 aliphatic carbocycles. The number of carbonyl (C=O) groups is 1. The second kappa shape index (κ2) is 7.09. The molecule has 0 saturated carbocycles. The number of amides is 1. The molecular weight excluding hydrogens is 322 g/mol. The first kappa shape index (κ1) is 18.7. The maximum absolute atomic E-state index is 12.2. The van der Waals surface area contributed by atoms with Gasteiger partial charge in [0.15, 0.2) is 0 Å². The number of hydrogen-bond acceptors (Lipinski definition) is 3. The van der Waals surface area contributed by atoms with E-state index >= 15 is 0 Å². The average molecular weight is 349 g/mol. The summed E-state index contributed by atoms with van der Waals surface area (Å²) in [7, 11) is -3.79. The molecule has 1 amide bonds. The lowest BCUT2D eigenvalue weighted by Gasteiger charge is -2.33. The molecule has 1 unspecified atom stereocenters. The molecule has 1 aromatic rings. The Morgan fingerprint density at radius 1 is 1.21 bits per heavy atom. The fourth-order valence-electron chi connectivity index (χ4n) is 3.00. The molecule has 0 spiro atoms. The number of carbonyl (C=O) groups excluding carboxylic acids is 1. The molecule has 0 saturated heterocycles. The van der Waals surface area contributed by atoms with Crippen molar-refractivity contribution in [2.24, 2.45) is 11.3 Å². The van der Waals surface area contributed by atoms with Crippen LogP contribution in [0.25, 0.3) is 0 Å². The van der Waals surface area contributed by atoms with Gasteiger partial charge in [0.1, 0.15) is 0 Å². The van der Waals surface area contributed by atoms with Crippen LogP contribution in [0, 0.1) is 18.3 Å². The lowest BCUT2D eigenvalue weighted by Crippen LogP contribution is -2.31. The van der Waals surface area contributed by atoms with Crippen molar-refractivity contribution in [3.8, 4) is 0 Å². The van der Waals surface area contributed by atoms with Crippen molar-refractivity contribution >= 4 is 15.9 Å². The molecule has 2 rings (SSSR count). The largest absolute Gasteiger partial charge is 0.274 e. The van der Waals surface area contributed by atoms with Gasteiger partial charge in [-0.25, -0.2) is 13.1 Å². The molecule has 24 heavy (non-hydrogen) atoms. The monoisotopic (exact) mass is 349 g/mol. The van der Waals surface area contributed by atoms with Crippen molar-refractivity contribution in [1.82, 2.24) is 4.72 Å². The van der Waals surface area contributed by atoms with E-state index in [1.807, 2.05) is 6.92 Å². The molecule has 0 radical (unpaired) electrons. The number of rotatable bonds is 4. The molecule has 5 heteroatoms. The maximum Gasteiger partial charge on any atom is 0.264 e. The lowest BCUT2D eigenvalue weighted by molar-refractivity contribution is -0.118. The average Bonchev–Trinajstić information content (AvgIpc) is 2.46. The minimum Gasteiger partial charge on any atom is -0.274 e. The third-order valence-corrected chi connectivity index (χ3v) is 6.09. The van der Waals surface area contributed by atoms with Crippen molar-refractivity contribution in [1.29, 1.82) is 0 Å². The minimum atomic E-state index is -3.79. The van der Waals surface area contributed by atoms with Gasteiger partial charge in [0.2, 0.25) is 5.91 Å². The van der Waals surface area contributed by atoms with E-state index < -0.39 is 15.9 Å². The summed E-state index contributed by atoms with van der Waals surface area (Å²) >= 11 is 0. The maximum atomic E-state index is 12.2. The molecule has 0 fully saturated rings. The highest BCUT2D eigenvalue weighted by Crippen LogP contribution is 2.37. The second-order valence-corrected chi connectivity index (χ2v) is 9.40. The fourth-order valence-corrected chi connectivity index (χ4v) is 3.99. The Labute approximate surface area is 145 Å². The molecular formula is C19H27NO3S. The van der Waals surface area contributed by atoms with E-state index in [0.717, 1.165) is 30.4 Å². The fraction of sp³-hybridized carbons (Fsp3) is 0.526. The summed E-state index contributed by atoms with van der Waals surface area (Å²) in [4.78, 5) is 12.2. The Morgan fingerprint density at radius 3 is 2.33 bits per heavy atom. The predicted molar refractivity (Wildman–Crippen MR) is 96.0 cm³/mol. The van der Waals surface area contributed by atoms with Crippen LogP contribution in [0.1, 0.15) is 52.0 Å².